The van der Waals surface area contributed by atoms with Crippen LogP contribution in [0, 0.1) is 25.5 Å². The molecular formula is C17H16F2N2O2. The van der Waals surface area contributed by atoms with Crippen molar-refractivity contribution in [2.45, 2.75) is 20.3 Å². The smallest absolute Gasteiger partial charge is 0.233 e. The zero-order valence-corrected chi connectivity index (χ0v) is 12.7. The molecule has 0 radical (unpaired) electrons. The van der Waals surface area contributed by atoms with Gasteiger partial charge in [-0.25, -0.2) is 8.78 Å². The van der Waals surface area contributed by atoms with Crippen LogP contribution in [-0.2, 0) is 9.59 Å². The molecule has 2 amide bonds. The molecule has 0 heterocycles. The third kappa shape index (κ3) is 4.12. The number of para-hydroxylation sites is 1. The van der Waals surface area contributed by atoms with Crippen molar-refractivity contribution in [3.63, 3.8) is 0 Å². The van der Waals surface area contributed by atoms with Crippen LogP contribution in [0.25, 0.3) is 0 Å². The van der Waals surface area contributed by atoms with Crippen molar-refractivity contribution in [1.82, 2.24) is 0 Å². The zero-order chi connectivity index (χ0) is 17.0. The Kier molecular flexibility index (Phi) is 5.05. The molecular weight excluding hydrogens is 302 g/mol. The molecule has 4 nitrogen and oxygen atoms in total. The summed E-state index contributed by atoms with van der Waals surface area (Å²) in [6.45, 7) is 3.75. The number of carbonyl (C=O) groups is 2. The fourth-order valence-corrected chi connectivity index (χ4v) is 2.03. The fourth-order valence-electron chi connectivity index (χ4n) is 2.03. The number of anilines is 2. The van der Waals surface area contributed by atoms with E-state index < -0.39 is 35.6 Å². The lowest BCUT2D eigenvalue weighted by Crippen LogP contribution is -2.22. The summed E-state index contributed by atoms with van der Waals surface area (Å²) in [6, 6.07) is 8.64. The number of nitrogens with one attached hydrogen (secondary N) is 2. The van der Waals surface area contributed by atoms with Crippen molar-refractivity contribution in [2.24, 2.45) is 0 Å². The van der Waals surface area contributed by atoms with E-state index in [4.69, 9.17) is 0 Å². The van der Waals surface area contributed by atoms with Crippen LogP contribution in [0.2, 0.25) is 0 Å². The van der Waals surface area contributed by atoms with Gasteiger partial charge in [0.2, 0.25) is 11.8 Å². The van der Waals surface area contributed by atoms with E-state index in [1.165, 1.54) is 6.07 Å². The van der Waals surface area contributed by atoms with Crippen LogP contribution in [0.4, 0.5) is 20.2 Å². The molecule has 2 N–H and O–H groups in total. The van der Waals surface area contributed by atoms with Crippen molar-refractivity contribution >= 4 is 23.2 Å². The summed E-state index contributed by atoms with van der Waals surface area (Å²) in [6.07, 6.45) is -0.541. The maximum Gasteiger partial charge on any atom is 0.233 e. The normalized spacial score (nSPS) is 10.3. The summed E-state index contributed by atoms with van der Waals surface area (Å²) in [5.74, 6) is -3.15. The van der Waals surface area contributed by atoms with Gasteiger partial charge in [-0.05, 0) is 43.2 Å². The number of amides is 2. The van der Waals surface area contributed by atoms with Crippen molar-refractivity contribution in [3.05, 3.63) is 59.2 Å². The van der Waals surface area contributed by atoms with E-state index in [-0.39, 0.29) is 0 Å². The number of aryl methyl sites for hydroxylation is 1. The Morgan fingerprint density at radius 3 is 2.13 bits per heavy atom. The number of hydrogen-bond donors (Lipinski definition) is 2. The lowest BCUT2D eigenvalue weighted by Gasteiger charge is -2.11. The summed E-state index contributed by atoms with van der Waals surface area (Å²) >= 11 is 0. The van der Waals surface area contributed by atoms with Crippen molar-refractivity contribution in [3.8, 4) is 0 Å². The van der Waals surface area contributed by atoms with Crippen LogP contribution in [-0.4, -0.2) is 11.8 Å². The van der Waals surface area contributed by atoms with Gasteiger partial charge in [0.25, 0.3) is 0 Å². The molecule has 2 aromatic rings. The summed E-state index contributed by atoms with van der Waals surface area (Å²) in [4.78, 5) is 23.7. The molecule has 2 rings (SSSR count). The van der Waals surface area contributed by atoms with Gasteiger partial charge in [0.05, 0.1) is 0 Å². The Hall–Kier alpha value is -2.76. The number of carbonyl (C=O) groups excluding carboxylic acids is 2. The van der Waals surface area contributed by atoms with Crippen LogP contribution >= 0.6 is 0 Å². The van der Waals surface area contributed by atoms with E-state index in [2.05, 4.69) is 10.6 Å². The molecule has 0 saturated heterocycles. The van der Waals surface area contributed by atoms with Gasteiger partial charge in [-0.2, -0.15) is 0 Å². The largest absolute Gasteiger partial charge is 0.325 e. The maximum atomic E-state index is 13.4. The molecule has 0 fully saturated rings. The molecule has 0 aliphatic carbocycles. The van der Waals surface area contributed by atoms with Gasteiger partial charge in [0, 0.05) is 5.69 Å². The SMILES string of the molecule is Cc1cccc(NC(=O)CC(=O)Nc2c(F)cccc2F)c1C. The van der Waals surface area contributed by atoms with Gasteiger partial charge in [-0.3, -0.25) is 9.59 Å². The Bertz CT molecular complexity index is 740. The van der Waals surface area contributed by atoms with Gasteiger partial charge in [0.1, 0.15) is 23.7 Å². The average molecular weight is 318 g/mol. The minimum Gasteiger partial charge on any atom is -0.325 e. The minimum atomic E-state index is -0.895. The van der Waals surface area contributed by atoms with Crippen LogP contribution in [0.3, 0.4) is 0 Å². The van der Waals surface area contributed by atoms with Crippen LogP contribution in [0.5, 0.6) is 0 Å². The van der Waals surface area contributed by atoms with Gasteiger partial charge < -0.3 is 10.6 Å². The molecule has 2 aromatic carbocycles. The number of hydrogen-bond acceptors (Lipinski definition) is 2. The molecule has 120 valence electrons. The predicted molar refractivity (Wildman–Crippen MR) is 84.2 cm³/mol. The number of rotatable bonds is 4. The second-order valence-electron chi connectivity index (χ2n) is 5.12. The first-order chi connectivity index (χ1) is 10.9. The summed E-state index contributed by atoms with van der Waals surface area (Å²) in [7, 11) is 0. The van der Waals surface area contributed by atoms with Crippen LogP contribution < -0.4 is 10.6 Å². The van der Waals surface area contributed by atoms with E-state index in [1.54, 1.807) is 12.1 Å². The van der Waals surface area contributed by atoms with Gasteiger partial charge in [-0.1, -0.05) is 18.2 Å². The highest BCUT2D eigenvalue weighted by molar-refractivity contribution is 6.08. The van der Waals surface area contributed by atoms with E-state index in [9.17, 15) is 18.4 Å². The molecule has 6 heteroatoms. The second kappa shape index (κ2) is 7.00. The van der Waals surface area contributed by atoms with Gasteiger partial charge in [-0.15, -0.1) is 0 Å². The van der Waals surface area contributed by atoms with Crippen molar-refractivity contribution in [2.75, 3.05) is 10.6 Å². The third-order valence-corrected chi connectivity index (χ3v) is 3.43. The highest BCUT2D eigenvalue weighted by Gasteiger charge is 2.15. The predicted octanol–water partition coefficient (Wildman–Crippen LogP) is 3.55. The Morgan fingerprint density at radius 1 is 0.913 bits per heavy atom. The summed E-state index contributed by atoms with van der Waals surface area (Å²) in [5.41, 5.74) is 1.93. The van der Waals surface area contributed by atoms with E-state index in [0.29, 0.717) is 5.69 Å². The molecule has 0 aliphatic heterocycles. The fraction of sp³-hybridized carbons (Fsp3) is 0.176. The highest BCUT2D eigenvalue weighted by Crippen LogP contribution is 2.19. The molecule has 0 bridgehead atoms. The Labute approximate surface area is 132 Å². The first kappa shape index (κ1) is 16.6. The van der Waals surface area contributed by atoms with Gasteiger partial charge in [0.15, 0.2) is 0 Å². The van der Waals surface area contributed by atoms with E-state index in [0.717, 1.165) is 23.3 Å². The Morgan fingerprint density at radius 2 is 1.48 bits per heavy atom. The summed E-state index contributed by atoms with van der Waals surface area (Å²) in [5, 5.41) is 4.68. The maximum absolute atomic E-state index is 13.4. The third-order valence-electron chi connectivity index (χ3n) is 3.43. The van der Waals surface area contributed by atoms with Crippen molar-refractivity contribution in [1.29, 1.82) is 0 Å². The van der Waals surface area contributed by atoms with Crippen molar-refractivity contribution < 1.29 is 18.4 Å². The first-order valence-corrected chi connectivity index (χ1v) is 6.98. The molecule has 0 aromatic heterocycles. The van der Waals surface area contributed by atoms with Crippen LogP contribution in [0.15, 0.2) is 36.4 Å². The zero-order valence-electron chi connectivity index (χ0n) is 12.7. The standard InChI is InChI=1S/C17H16F2N2O2/c1-10-5-3-8-14(11(10)2)20-15(22)9-16(23)21-17-12(18)6-4-7-13(17)19/h3-8H,9H2,1-2H3,(H,20,22)(H,21,23). The quantitative estimate of drug-likeness (QED) is 0.847. The lowest BCUT2D eigenvalue weighted by atomic mass is 10.1. The topological polar surface area (TPSA) is 58.2 Å². The molecule has 0 saturated carbocycles. The number of halogens is 2. The molecule has 0 atom stereocenters. The first-order valence-electron chi connectivity index (χ1n) is 6.98. The van der Waals surface area contributed by atoms with E-state index >= 15 is 0 Å². The highest BCUT2D eigenvalue weighted by atomic mass is 19.1. The number of benzene rings is 2. The monoisotopic (exact) mass is 318 g/mol. The molecule has 23 heavy (non-hydrogen) atoms. The lowest BCUT2D eigenvalue weighted by molar-refractivity contribution is -0.123. The minimum absolute atomic E-state index is 0.541. The summed E-state index contributed by atoms with van der Waals surface area (Å²) < 4.78 is 26.9. The van der Waals surface area contributed by atoms with Crippen LogP contribution in [0.1, 0.15) is 17.5 Å². The second-order valence-corrected chi connectivity index (χ2v) is 5.12. The van der Waals surface area contributed by atoms with E-state index in [1.807, 2.05) is 19.9 Å². The van der Waals surface area contributed by atoms with Gasteiger partial charge >= 0.3 is 0 Å². The molecule has 0 aliphatic rings. The molecule has 0 spiro atoms. The average Bonchev–Trinajstić information content (AvgIpc) is 2.48. The molecule has 0 unspecified atom stereocenters. The Balaban J connectivity index is 2.00.